The van der Waals surface area contributed by atoms with E-state index in [0.29, 0.717) is 10.9 Å². The van der Waals surface area contributed by atoms with Gasteiger partial charge in [0.15, 0.2) is 0 Å². The van der Waals surface area contributed by atoms with Crippen LogP contribution < -0.4 is 0 Å². The summed E-state index contributed by atoms with van der Waals surface area (Å²) in [6.07, 6.45) is 1.69. The monoisotopic (exact) mass is 267 g/mol. The number of ether oxygens (including phenoxy) is 1. The van der Waals surface area contributed by atoms with Gasteiger partial charge >= 0.3 is 0 Å². The highest BCUT2D eigenvalue weighted by molar-refractivity contribution is 8.01. The number of aryl methyl sites for hydroxylation is 2. The first-order valence-corrected chi connectivity index (χ1v) is 7.47. The van der Waals surface area contributed by atoms with Crippen LogP contribution in [0.5, 0.6) is 0 Å². The van der Waals surface area contributed by atoms with Crippen LogP contribution in [0.3, 0.4) is 0 Å². The summed E-state index contributed by atoms with van der Waals surface area (Å²) < 4.78 is 7.95. The molecule has 0 aliphatic carbocycles. The number of hydrogen-bond donors (Lipinski definition) is 0. The van der Waals surface area contributed by atoms with Gasteiger partial charge in [-0.25, -0.2) is 0 Å². The smallest absolute Gasteiger partial charge is 0.0676 e. The molecule has 0 amide bonds. The molecule has 0 saturated carbocycles. The molecule has 1 spiro atoms. The fraction of sp³-hybridized carbons (Fsp3) is 0.769. The average Bonchev–Trinajstić information content (AvgIpc) is 2.83. The average molecular weight is 267 g/mol. The Kier molecular flexibility index (Phi) is 3.16. The van der Waals surface area contributed by atoms with Crippen LogP contribution in [0.25, 0.3) is 0 Å². The molecule has 0 radical (unpaired) electrons. The summed E-state index contributed by atoms with van der Waals surface area (Å²) in [7, 11) is 3.86. The molecule has 2 saturated heterocycles. The van der Waals surface area contributed by atoms with E-state index in [1.807, 2.05) is 18.8 Å². The first-order valence-electron chi connectivity index (χ1n) is 6.49. The van der Waals surface area contributed by atoms with Crippen LogP contribution in [0.4, 0.5) is 0 Å². The fourth-order valence-corrected chi connectivity index (χ4v) is 4.74. The minimum absolute atomic E-state index is 0.469. The van der Waals surface area contributed by atoms with Gasteiger partial charge in [-0.15, -0.1) is 11.8 Å². The Hall–Kier alpha value is -0.520. The maximum Gasteiger partial charge on any atom is 0.0676 e. The Morgan fingerprint density at radius 3 is 2.89 bits per heavy atom. The van der Waals surface area contributed by atoms with Crippen molar-refractivity contribution in [3.8, 4) is 0 Å². The van der Waals surface area contributed by atoms with Crippen LogP contribution in [0.2, 0.25) is 0 Å². The summed E-state index contributed by atoms with van der Waals surface area (Å²) >= 11 is 2.10. The summed E-state index contributed by atoms with van der Waals surface area (Å²) in [6, 6.07) is 2.19. The van der Waals surface area contributed by atoms with Crippen molar-refractivity contribution in [2.75, 3.05) is 26.0 Å². The van der Waals surface area contributed by atoms with E-state index in [1.54, 1.807) is 0 Å². The van der Waals surface area contributed by atoms with Gasteiger partial charge in [-0.2, -0.15) is 5.10 Å². The minimum Gasteiger partial charge on any atom is -0.381 e. The maximum atomic E-state index is 5.46. The molecule has 0 aromatic carbocycles. The molecule has 3 heterocycles. The Morgan fingerprint density at radius 2 is 2.33 bits per heavy atom. The van der Waals surface area contributed by atoms with Crippen LogP contribution in [0, 0.1) is 6.92 Å². The molecule has 3 rings (SSSR count). The van der Waals surface area contributed by atoms with Crippen molar-refractivity contribution >= 4 is 11.8 Å². The molecule has 100 valence electrons. The van der Waals surface area contributed by atoms with Gasteiger partial charge in [0.25, 0.3) is 0 Å². The van der Waals surface area contributed by atoms with E-state index in [9.17, 15) is 0 Å². The minimum atomic E-state index is 0.469. The highest BCUT2D eigenvalue weighted by Gasteiger charge is 2.48. The Labute approximate surface area is 113 Å². The summed E-state index contributed by atoms with van der Waals surface area (Å²) in [5.41, 5.74) is 2.42. The first kappa shape index (κ1) is 12.5. The third kappa shape index (κ3) is 2.19. The fourth-order valence-electron chi connectivity index (χ4n) is 3.10. The second-order valence-corrected chi connectivity index (χ2v) is 7.09. The van der Waals surface area contributed by atoms with Crippen LogP contribution >= 0.6 is 11.8 Å². The first-order chi connectivity index (χ1) is 8.60. The summed E-state index contributed by atoms with van der Waals surface area (Å²) in [5, 5.41) is 4.40. The molecule has 0 unspecified atom stereocenters. The van der Waals surface area contributed by atoms with Crippen molar-refractivity contribution in [3.05, 3.63) is 17.5 Å². The molecule has 18 heavy (non-hydrogen) atoms. The molecular weight excluding hydrogens is 246 g/mol. The van der Waals surface area contributed by atoms with Gasteiger partial charge in [0, 0.05) is 44.3 Å². The third-order valence-corrected chi connectivity index (χ3v) is 5.59. The lowest BCUT2D eigenvalue weighted by Crippen LogP contribution is -2.58. The number of hydrogen-bond acceptors (Lipinski definition) is 4. The molecule has 2 fully saturated rings. The predicted molar refractivity (Wildman–Crippen MR) is 73.8 cm³/mol. The molecule has 0 bridgehead atoms. The van der Waals surface area contributed by atoms with E-state index in [0.717, 1.165) is 18.0 Å². The molecule has 4 nitrogen and oxygen atoms in total. The molecule has 2 aliphatic rings. The number of nitrogens with zero attached hydrogens (tertiary/aromatic N) is 3. The lowest BCUT2D eigenvalue weighted by molar-refractivity contribution is 0.0619. The van der Waals surface area contributed by atoms with Crippen molar-refractivity contribution in [1.82, 2.24) is 14.7 Å². The van der Waals surface area contributed by atoms with Crippen LogP contribution in [-0.2, 0) is 18.3 Å². The van der Waals surface area contributed by atoms with Crippen LogP contribution in [0.15, 0.2) is 6.07 Å². The second kappa shape index (κ2) is 4.54. The van der Waals surface area contributed by atoms with E-state index in [4.69, 9.17) is 4.74 Å². The lowest BCUT2D eigenvalue weighted by Gasteiger charge is -2.47. The summed E-state index contributed by atoms with van der Waals surface area (Å²) in [4.78, 5) is 2.52. The molecule has 5 heteroatoms. The van der Waals surface area contributed by atoms with E-state index in [1.165, 1.54) is 25.2 Å². The molecule has 0 N–H and O–H groups in total. The lowest BCUT2D eigenvalue weighted by atomic mass is 9.93. The van der Waals surface area contributed by atoms with Gasteiger partial charge in [-0.1, -0.05) is 0 Å². The maximum absolute atomic E-state index is 5.46. The zero-order valence-electron chi connectivity index (χ0n) is 11.3. The molecule has 1 aromatic heterocycles. The highest BCUT2D eigenvalue weighted by atomic mass is 32.2. The number of methoxy groups -OCH3 is 1. The Balaban J connectivity index is 1.55. The van der Waals surface area contributed by atoms with Crippen molar-refractivity contribution in [2.45, 2.75) is 30.7 Å². The van der Waals surface area contributed by atoms with Crippen molar-refractivity contribution in [1.29, 1.82) is 0 Å². The van der Waals surface area contributed by atoms with Gasteiger partial charge in [0.1, 0.15) is 0 Å². The van der Waals surface area contributed by atoms with Gasteiger partial charge in [0.2, 0.25) is 0 Å². The van der Waals surface area contributed by atoms with E-state index in [2.05, 4.69) is 34.8 Å². The second-order valence-electron chi connectivity index (χ2n) is 5.60. The van der Waals surface area contributed by atoms with Gasteiger partial charge in [-0.05, 0) is 19.4 Å². The molecule has 1 aromatic rings. The molecule has 1 atom stereocenters. The van der Waals surface area contributed by atoms with Crippen molar-refractivity contribution in [3.63, 3.8) is 0 Å². The van der Waals surface area contributed by atoms with Crippen LogP contribution in [-0.4, -0.2) is 51.5 Å². The summed E-state index contributed by atoms with van der Waals surface area (Å²) in [6.45, 7) is 5.47. The standard InChI is InChI=1S/C13H21N3OS/c1-10-4-11(15(2)14-10)6-16-8-13(9-16)5-12(17-3)7-18-13/h4,12H,5-9H2,1-3H3/t12-/m1/s1. The molecular formula is C13H21N3OS. The SMILES string of the molecule is CO[C@H]1CSC2(C1)CN(Cc1cc(C)nn1C)C2. The quantitative estimate of drug-likeness (QED) is 0.829. The number of likely N-dealkylation sites (tertiary alicyclic amines) is 1. The Morgan fingerprint density at radius 1 is 1.56 bits per heavy atom. The third-order valence-electron chi connectivity index (χ3n) is 4.02. The van der Waals surface area contributed by atoms with Gasteiger partial charge < -0.3 is 4.74 Å². The number of aromatic nitrogens is 2. The predicted octanol–water partition coefficient (Wildman–Crippen LogP) is 1.43. The topological polar surface area (TPSA) is 30.3 Å². The Bertz CT molecular complexity index is 439. The van der Waals surface area contributed by atoms with Crippen LogP contribution in [0.1, 0.15) is 17.8 Å². The van der Waals surface area contributed by atoms with Crippen molar-refractivity contribution < 1.29 is 4.74 Å². The molecule has 2 aliphatic heterocycles. The van der Waals surface area contributed by atoms with E-state index >= 15 is 0 Å². The highest BCUT2D eigenvalue weighted by Crippen LogP contribution is 2.46. The zero-order chi connectivity index (χ0) is 12.8. The van der Waals surface area contributed by atoms with Gasteiger partial charge in [-0.3, -0.25) is 9.58 Å². The number of rotatable bonds is 3. The largest absolute Gasteiger partial charge is 0.381 e. The van der Waals surface area contributed by atoms with E-state index in [-0.39, 0.29) is 0 Å². The summed E-state index contributed by atoms with van der Waals surface area (Å²) in [5.74, 6) is 1.16. The van der Waals surface area contributed by atoms with Gasteiger partial charge in [0.05, 0.1) is 17.5 Å². The number of thioether (sulfide) groups is 1. The normalized spacial score (nSPS) is 26.7. The van der Waals surface area contributed by atoms with E-state index < -0.39 is 0 Å². The van der Waals surface area contributed by atoms with Crippen molar-refractivity contribution in [2.24, 2.45) is 7.05 Å². The zero-order valence-corrected chi connectivity index (χ0v) is 12.2.